The number of halogens is 2. The lowest BCUT2D eigenvalue weighted by atomic mass is 10.2. The van der Waals surface area contributed by atoms with Gasteiger partial charge in [-0.15, -0.1) is 0 Å². The molecule has 0 saturated heterocycles. The van der Waals surface area contributed by atoms with Gasteiger partial charge in [0.25, 0.3) is 5.56 Å². The smallest absolute Gasteiger partial charge is 0.262 e. The first-order valence-electron chi connectivity index (χ1n) is 9.57. The second-order valence-electron chi connectivity index (χ2n) is 6.96. The van der Waals surface area contributed by atoms with Crippen LogP contribution in [0.4, 0.5) is 4.39 Å². The van der Waals surface area contributed by atoms with Gasteiger partial charge in [-0.2, -0.15) is 5.10 Å². The van der Waals surface area contributed by atoms with Crippen molar-refractivity contribution in [3.63, 3.8) is 0 Å². The largest absolute Gasteiger partial charge is 0.287 e. The van der Waals surface area contributed by atoms with Gasteiger partial charge in [-0.25, -0.2) is 9.37 Å². The van der Waals surface area contributed by atoms with E-state index in [4.69, 9.17) is 16.6 Å². The first-order valence-corrected chi connectivity index (χ1v) is 10.9. The number of nitrogens with zero attached hydrogens (tertiary/aromatic N) is 4. The Morgan fingerprint density at radius 2 is 1.87 bits per heavy atom. The highest BCUT2D eigenvalue weighted by molar-refractivity contribution is 7.98. The monoisotopic (exact) mass is 442 g/mol. The second-order valence-corrected chi connectivity index (χ2v) is 8.31. The van der Waals surface area contributed by atoms with E-state index in [0.717, 1.165) is 11.3 Å². The summed E-state index contributed by atoms with van der Waals surface area (Å²) in [6.07, 6.45) is 2.50. The first kappa shape index (κ1) is 20.6. The van der Waals surface area contributed by atoms with E-state index in [2.05, 4.69) is 5.10 Å². The molecule has 30 heavy (non-hydrogen) atoms. The zero-order valence-electron chi connectivity index (χ0n) is 16.4. The zero-order chi connectivity index (χ0) is 21.1. The minimum atomic E-state index is -0.265. The molecule has 0 saturated carbocycles. The Morgan fingerprint density at radius 1 is 1.10 bits per heavy atom. The van der Waals surface area contributed by atoms with Gasteiger partial charge < -0.3 is 0 Å². The molecular weight excluding hydrogens is 423 g/mol. The van der Waals surface area contributed by atoms with Crippen LogP contribution in [-0.4, -0.2) is 19.3 Å². The van der Waals surface area contributed by atoms with Gasteiger partial charge in [-0.05, 0) is 43.2 Å². The Labute approximate surface area is 182 Å². The van der Waals surface area contributed by atoms with Gasteiger partial charge >= 0.3 is 0 Å². The summed E-state index contributed by atoms with van der Waals surface area (Å²) in [5.41, 5.74) is 2.38. The summed E-state index contributed by atoms with van der Waals surface area (Å²) in [5, 5.41) is 6.25. The Balaban J connectivity index is 1.58. The van der Waals surface area contributed by atoms with Crippen LogP contribution < -0.4 is 5.56 Å². The summed E-state index contributed by atoms with van der Waals surface area (Å²) in [6.45, 7) is 3.02. The molecule has 4 aromatic rings. The van der Waals surface area contributed by atoms with Crippen LogP contribution in [0.2, 0.25) is 5.02 Å². The lowest BCUT2D eigenvalue weighted by molar-refractivity contribution is 0.493. The average molecular weight is 443 g/mol. The van der Waals surface area contributed by atoms with Crippen LogP contribution in [0.5, 0.6) is 0 Å². The Kier molecular flexibility index (Phi) is 6.20. The normalized spacial score (nSPS) is 11.3. The molecule has 0 fully saturated rings. The van der Waals surface area contributed by atoms with Crippen LogP contribution in [0.3, 0.4) is 0 Å². The maximum Gasteiger partial charge on any atom is 0.262 e. The molecule has 0 unspecified atom stereocenters. The number of aryl methyl sites for hydroxylation is 2. The van der Waals surface area contributed by atoms with Crippen molar-refractivity contribution in [2.75, 3.05) is 0 Å². The van der Waals surface area contributed by atoms with Crippen molar-refractivity contribution < 1.29 is 4.39 Å². The summed E-state index contributed by atoms with van der Waals surface area (Å²) < 4.78 is 16.7. The molecular formula is C22H20ClFN4OS. The quantitative estimate of drug-likeness (QED) is 0.296. The standard InChI is InChI=1S/C22H20ClFN4OS/c1-15-19(23)13-27(26-15)11-4-12-28-21(29)18-5-2-3-6-20(18)25-22(28)30-14-16-7-9-17(24)10-8-16/h2-3,5-10,13H,4,11-12,14H2,1H3. The minimum Gasteiger partial charge on any atom is -0.287 e. The predicted molar refractivity (Wildman–Crippen MR) is 119 cm³/mol. The van der Waals surface area contributed by atoms with Crippen molar-refractivity contribution in [1.82, 2.24) is 19.3 Å². The highest BCUT2D eigenvalue weighted by atomic mass is 35.5. The van der Waals surface area contributed by atoms with Gasteiger partial charge in [0.2, 0.25) is 0 Å². The fraction of sp³-hybridized carbons (Fsp3) is 0.227. The number of rotatable bonds is 7. The molecule has 0 spiro atoms. The highest BCUT2D eigenvalue weighted by Gasteiger charge is 2.12. The summed E-state index contributed by atoms with van der Waals surface area (Å²) >= 11 is 7.55. The number of fused-ring (bicyclic) bond motifs is 1. The van der Waals surface area contributed by atoms with Gasteiger partial charge in [-0.1, -0.05) is 47.6 Å². The van der Waals surface area contributed by atoms with Gasteiger partial charge in [0.1, 0.15) is 5.82 Å². The fourth-order valence-electron chi connectivity index (χ4n) is 3.18. The van der Waals surface area contributed by atoms with Gasteiger partial charge in [0.05, 0.1) is 21.6 Å². The number of aromatic nitrogens is 4. The molecule has 0 aliphatic heterocycles. The summed E-state index contributed by atoms with van der Waals surface area (Å²) in [6, 6.07) is 13.7. The van der Waals surface area contributed by atoms with Gasteiger partial charge in [0.15, 0.2) is 5.16 Å². The Morgan fingerprint density at radius 3 is 2.60 bits per heavy atom. The van der Waals surface area contributed by atoms with Gasteiger partial charge in [-0.3, -0.25) is 14.0 Å². The fourth-order valence-corrected chi connectivity index (χ4v) is 4.31. The number of hydrogen-bond acceptors (Lipinski definition) is 4. The molecule has 0 aliphatic rings. The van der Waals surface area contributed by atoms with E-state index >= 15 is 0 Å². The van der Waals surface area contributed by atoms with Crippen molar-refractivity contribution in [2.24, 2.45) is 0 Å². The van der Waals surface area contributed by atoms with E-state index in [9.17, 15) is 9.18 Å². The molecule has 0 amide bonds. The lowest BCUT2D eigenvalue weighted by Gasteiger charge is -2.13. The molecule has 0 atom stereocenters. The van der Waals surface area contributed by atoms with E-state index in [1.165, 1.54) is 23.9 Å². The molecule has 2 aromatic carbocycles. The topological polar surface area (TPSA) is 52.7 Å². The molecule has 0 radical (unpaired) electrons. The molecule has 2 aromatic heterocycles. The molecule has 5 nitrogen and oxygen atoms in total. The van der Waals surface area contributed by atoms with Crippen LogP contribution in [-0.2, 0) is 18.8 Å². The first-order chi connectivity index (χ1) is 14.5. The third kappa shape index (κ3) is 4.57. The van der Waals surface area contributed by atoms with Crippen LogP contribution in [0.15, 0.2) is 64.7 Å². The molecule has 8 heteroatoms. The molecule has 4 rings (SSSR count). The second kappa shape index (κ2) is 9.02. The lowest BCUT2D eigenvalue weighted by Crippen LogP contribution is -2.24. The van der Waals surface area contributed by atoms with E-state index < -0.39 is 0 Å². The van der Waals surface area contributed by atoms with Crippen LogP contribution in [0.1, 0.15) is 17.7 Å². The summed E-state index contributed by atoms with van der Waals surface area (Å²) in [4.78, 5) is 17.8. The highest BCUT2D eigenvalue weighted by Crippen LogP contribution is 2.23. The van der Waals surface area contributed by atoms with Crippen LogP contribution in [0, 0.1) is 12.7 Å². The summed E-state index contributed by atoms with van der Waals surface area (Å²) in [7, 11) is 0. The van der Waals surface area contributed by atoms with E-state index in [-0.39, 0.29) is 11.4 Å². The number of hydrogen-bond donors (Lipinski definition) is 0. The predicted octanol–water partition coefficient (Wildman–Crippen LogP) is 5.08. The zero-order valence-corrected chi connectivity index (χ0v) is 18.0. The molecule has 0 N–H and O–H groups in total. The van der Waals surface area contributed by atoms with E-state index in [1.807, 2.05) is 25.1 Å². The minimum absolute atomic E-state index is 0.0584. The Bertz CT molecular complexity index is 1220. The van der Waals surface area contributed by atoms with Crippen molar-refractivity contribution in [1.29, 1.82) is 0 Å². The van der Waals surface area contributed by atoms with E-state index in [1.54, 1.807) is 33.6 Å². The third-order valence-corrected chi connectivity index (χ3v) is 6.18. The summed E-state index contributed by atoms with van der Waals surface area (Å²) in [5.74, 6) is 0.331. The van der Waals surface area contributed by atoms with Crippen LogP contribution in [0.25, 0.3) is 10.9 Å². The van der Waals surface area contributed by atoms with Crippen molar-refractivity contribution in [3.8, 4) is 0 Å². The van der Waals surface area contributed by atoms with E-state index in [0.29, 0.717) is 46.3 Å². The molecule has 0 aliphatic carbocycles. The van der Waals surface area contributed by atoms with Crippen molar-refractivity contribution in [3.05, 3.63) is 87.2 Å². The molecule has 2 heterocycles. The number of thioether (sulfide) groups is 1. The maximum absolute atomic E-state index is 13.2. The third-order valence-electron chi connectivity index (χ3n) is 4.76. The molecule has 154 valence electrons. The number of para-hydroxylation sites is 1. The van der Waals surface area contributed by atoms with Gasteiger partial charge in [0, 0.05) is 25.0 Å². The number of benzene rings is 2. The SMILES string of the molecule is Cc1nn(CCCn2c(SCc3ccc(F)cc3)nc3ccccc3c2=O)cc1Cl. The van der Waals surface area contributed by atoms with Crippen molar-refractivity contribution >= 4 is 34.3 Å². The van der Waals surface area contributed by atoms with Crippen LogP contribution >= 0.6 is 23.4 Å². The van der Waals surface area contributed by atoms with Crippen molar-refractivity contribution in [2.45, 2.75) is 37.3 Å². The molecule has 0 bridgehead atoms. The maximum atomic E-state index is 13.2. The average Bonchev–Trinajstić information content (AvgIpc) is 3.06. The Hall–Kier alpha value is -2.64.